The van der Waals surface area contributed by atoms with E-state index in [1.54, 1.807) is 12.3 Å². The number of piperidine rings is 1. The number of halogens is 3. The SMILES string of the molecule is O=c1n(-c2cccc(C(c3nncn3C3CC3)C3CCC3)c2)cc2c(C(F)(F)F)cc(CN3CCCCC3)cn12. The van der Waals surface area contributed by atoms with Crippen LogP contribution in [0.1, 0.15) is 85.8 Å². The molecule has 4 heterocycles. The van der Waals surface area contributed by atoms with Gasteiger partial charge in [0, 0.05) is 30.9 Å². The lowest BCUT2D eigenvalue weighted by atomic mass is 9.72. The Labute approximate surface area is 230 Å². The number of likely N-dealkylation sites (tertiary alicyclic amines) is 1. The van der Waals surface area contributed by atoms with Crippen LogP contribution < -0.4 is 5.69 Å². The van der Waals surface area contributed by atoms with Crippen LogP contribution in [-0.2, 0) is 12.7 Å². The van der Waals surface area contributed by atoms with E-state index in [9.17, 15) is 18.0 Å². The molecule has 1 atom stereocenters. The third kappa shape index (κ3) is 4.66. The van der Waals surface area contributed by atoms with Gasteiger partial charge in [-0.25, -0.2) is 4.79 Å². The average Bonchev–Trinajstić information content (AvgIpc) is 3.55. The van der Waals surface area contributed by atoms with Gasteiger partial charge in [-0.05, 0) is 86.9 Å². The maximum atomic E-state index is 14.2. The highest BCUT2D eigenvalue weighted by Gasteiger charge is 2.37. The molecule has 3 aromatic heterocycles. The maximum Gasteiger partial charge on any atom is 0.418 e. The summed E-state index contributed by atoms with van der Waals surface area (Å²) in [5, 5.41) is 8.74. The van der Waals surface area contributed by atoms with Crippen molar-refractivity contribution in [1.82, 2.24) is 28.6 Å². The molecule has 0 bridgehead atoms. The maximum absolute atomic E-state index is 14.2. The molecule has 3 aliphatic rings. The van der Waals surface area contributed by atoms with Crippen molar-refractivity contribution in [3.8, 4) is 5.69 Å². The van der Waals surface area contributed by atoms with E-state index in [-0.39, 0.29) is 11.4 Å². The predicted octanol–water partition coefficient (Wildman–Crippen LogP) is 5.95. The fourth-order valence-corrected chi connectivity index (χ4v) is 6.50. The lowest BCUT2D eigenvalue weighted by Crippen LogP contribution is -2.29. The fourth-order valence-electron chi connectivity index (χ4n) is 6.50. The van der Waals surface area contributed by atoms with Crippen LogP contribution in [0.15, 0.2) is 53.8 Å². The second-order valence-electron chi connectivity index (χ2n) is 11.7. The smallest absolute Gasteiger partial charge is 0.314 e. The van der Waals surface area contributed by atoms with Crippen LogP contribution in [0.3, 0.4) is 0 Å². The Morgan fingerprint density at radius 3 is 2.48 bits per heavy atom. The van der Waals surface area contributed by atoms with Crippen LogP contribution in [-0.4, -0.2) is 41.7 Å². The zero-order valence-electron chi connectivity index (χ0n) is 22.4. The number of imidazole rings is 1. The Kier molecular flexibility index (Phi) is 6.33. The normalized spacial score (nSPS) is 19.7. The Morgan fingerprint density at radius 2 is 1.77 bits per heavy atom. The molecule has 40 heavy (non-hydrogen) atoms. The van der Waals surface area contributed by atoms with Crippen LogP contribution in [0.2, 0.25) is 0 Å². The van der Waals surface area contributed by atoms with Gasteiger partial charge < -0.3 is 4.57 Å². The monoisotopic (exact) mass is 550 g/mol. The van der Waals surface area contributed by atoms with Crippen molar-refractivity contribution in [3.63, 3.8) is 0 Å². The van der Waals surface area contributed by atoms with Gasteiger partial charge in [-0.15, -0.1) is 10.2 Å². The zero-order valence-corrected chi connectivity index (χ0v) is 22.4. The van der Waals surface area contributed by atoms with Crippen molar-refractivity contribution in [2.45, 2.75) is 76.0 Å². The topological polar surface area (TPSA) is 60.4 Å². The van der Waals surface area contributed by atoms with Crippen LogP contribution in [0.4, 0.5) is 13.2 Å². The van der Waals surface area contributed by atoms with Gasteiger partial charge in [-0.3, -0.25) is 13.9 Å². The van der Waals surface area contributed by atoms with Crippen molar-refractivity contribution < 1.29 is 13.2 Å². The molecule has 1 unspecified atom stereocenters. The van der Waals surface area contributed by atoms with E-state index in [1.165, 1.54) is 27.7 Å². The molecule has 1 saturated heterocycles. The quantitative estimate of drug-likeness (QED) is 0.285. The van der Waals surface area contributed by atoms with Gasteiger partial charge in [0.2, 0.25) is 0 Å². The minimum atomic E-state index is -4.58. The van der Waals surface area contributed by atoms with Gasteiger partial charge in [-0.2, -0.15) is 13.2 Å². The van der Waals surface area contributed by atoms with Gasteiger partial charge in [0.15, 0.2) is 0 Å². The molecule has 3 fully saturated rings. The van der Waals surface area contributed by atoms with E-state index < -0.39 is 17.4 Å². The Balaban J connectivity index is 1.30. The third-order valence-corrected chi connectivity index (χ3v) is 8.93. The van der Waals surface area contributed by atoms with E-state index in [0.717, 1.165) is 69.4 Å². The van der Waals surface area contributed by atoms with Gasteiger partial charge in [-0.1, -0.05) is 25.0 Å². The predicted molar refractivity (Wildman–Crippen MR) is 145 cm³/mol. The molecule has 10 heteroatoms. The molecule has 7 nitrogen and oxygen atoms in total. The fraction of sp³-hybridized carbons (Fsp3) is 0.500. The van der Waals surface area contributed by atoms with Crippen molar-refractivity contribution in [3.05, 3.63) is 82.1 Å². The molecule has 210 valence electrons. The van der Waals surface area contributed by atoms with Crippen LogP contribution in [0.5, 0.6) is 0 Å². The number of alkyl halides is 3. The second-order valence-corrected chi connectivity index (χ2v) is 11.7. The van der Waals surface area contributed by atoms with E-state index in [4.69, 9.17) is 0 Å². The zero-order chi connectivity index (χ0) is 27.4. The van der Waals surface area contributed by atoms with Crippen molar-refractivity contribution in [1.29, 1.82) is 0 Å². The minimum absolute atomic E-state index is 0.0337. The molecule has 0 spiro atoms. The average molecular weight is 551 g/mol. The van der Waals surface area contributed by atoms with Crippen molar-refractivity contribution in [2.24, 2.45) is 5.92 Å². The molecule has 4 aromatic rings. The lowest BCUT2D eigenvalue weighted by molar-refractivity contribution is -0.136. The largest absolute Gasteiger partial charge is 0.418 e. The van der Waals surface area contributed by atoms with Gasteiger partial charge in [0.05, 0.1) is 16.8 Å². The number of hydrogen-bond acceptors (Lipinski definition) is 4. The number of rotatable bonds is 7. The molecule has 2 aliphatic carbocycles. The summed E-state index contributed by atoms with van der Waals surface area (Å²) in [4.78, 5) is 15.8. The summed E-state index contributed by atoms with van der Waals surface area (Å²) in [5.41, 5.74) is 0.660. The molecule has 2 saturated carbocycles. The molecule has 0 amide bonds. The highest BCUT2D eigenvalue weighted by molar-refractivity contribution is 5.58. The van der Waals surface area contributed by atoms with Crippen molar-refractivity contribution >= 4 is 5.52 Å². The summed E-state index contributed by atoms with van der Waals surface area (Å²) in [6, 6.07) is 9.30. The lowest BCUT2D eigenvalue weighted by Gasteiger charge is -2.34. The first-order valence-corrected chi connectivity index (χ1v) is 14.4. The number of aromatic nitrogens is 5. The van der Waals surface area contributed by atoms with Crippen LogP contribution in [0, 0.1) is 5.92 Å². The first kappa shape index (κ1) is 25.6. The van der Waals surface area contributed by atoms with Crippen LogP contribution >= 0.6 is 0 Å². The van der Waals surface area contributed by atoms with E-state index in [0.29, 0.717) is 29.8 Å². The highest BCUT2D eigenvalue weighted by Crippen LogP contribution is 2.45. The number of nitrogens with zero attached hydrogens (tertiary/aromatic N) is 6. The Morgan fingerprint density at radius 1 is 0.975 bits per heavy atom. The summed E-state index contributed by atoms with van der Waals surface area (Å²) in [6.45, 7) is 2.12. The van der Waals surface area contributed by atoms with Crippen LogP contribution in [0.25, 0.3) is 11.2 Å². The van der Waals surface area contributed by atoms with Gasteiger partial charge in [0.1, 0.15) is 12.2 Å². The summed E-state index contributed by atoms with van der Waals surface area (Å²) in [7, 11) is 0. The molecular weight excluding hydrogens is 517 g/mol. The number of pyridine rings is 1. The van der Waals surface area contributed by atoms with Gasteiger partial charge in [0.25, 0.3) is 0 Å². The van der Waals surface area contributed by atoms with E-state index in [2.05, 4.69) is 19.7 Å². The van der Waals surface area contributed by atoms with Gasteiger partial charge >= 0.3 is 11.9 Å². The van der Waals surface area contributed by atoms with E-state index in [1.807, 2.05) is 24.5 Å². The molecule has 7 rings (SSSR count). The summed E-state index contributed by atoms with van der Waals surface area (Å²) in [6.07, 6.45) is 8.98. The summed E-state index contributed by atoms with van der Waals surface area (Å²) in [5.74, 6) is 1.41. The molecule has 0 N–H and O–H groups in total. The molecule has 1 aromatic carbocycles. The summed E-state index contributed by atoms with van der Waals surface area (Å²) >= 11 is 0. The minimum Gasteiger partial charge on any atom is -0.314 e. The summed E-state index contributed by atoms with van der Waals surface area (Å²) < 4.78 is 47.4. The number of fused-ring (bicyclic) bond motifs is 1. The van der Waals surface area contributed by atoms with E-state index >= 15 is 0 Å². The molecule has 0 radical (unpaired) electrons. The molecular formula is C30H33F3N6O. The standard InChI is InChI=1S/C30H33F3N6O/c31-30(32,33)25-14-20(16-36-12-2-1-3-13-36)17-38-26(25)18-37(29(38)40)24-9-5-8-22(15-24)27(21-6-4-7-21)28-35-34-19-39(28)23-10-11-23/h5,8-9,14-15,17-19,21,23,27H,1-4,6-7,10-13,16H2. The first-order valence-electron chi connectivity index (χ1n) is 14.4. The third-order valence-electron chi connectivity index (χ3n) is 8.93. The Hall–Kier alpha value is -3.40. The second kappa shape index (κ2) is 9.90. The first-order chi connectivity index (χ1) is 19.4. The molecule has 1 aliphatic heterocycles. The number of benzene rings is 1. The Bertz CT molecular complexity index is 1590. The number of hydrogen-bond donors (Lipinski definition) is 0. The van der Waals surface area contributed by atoms with Crippen molar-refractivity contribution in [2.75, 3.05) is 13.1 Å². The highest BCUT2D eigenvalue weighted by atomic mass is 19.4.